The van der Waals surface area contributed by atoms with Gasteiger partial charge in [-0.2, -0.15) is 0 Å². The maximum Gasteiger partial charge on any atom is 0.287 e. The highest BCUT2D eigenvalue weighted by Gasteiger charge is 2.21. The molecule has 0 aliphatic carbocycles. The molecule has 0 radical (unpaired) electrons. The van der Waals surface area contributed by atoms with Crippen LogP contribution in [0, 0.1) is 11.7 Å². The van der Waals surface area contributed by atoms with Gasteiger partial charge in [0.2, 0.25) is 0 Å². The van der Waals surface area contributed by atoms with Crippen molar-refractivity contribution in [2.45, 2.75) is 19.4 Å². The molecule has 0 spiro atoms. The Balaban J connectivity index is 1.30. The molecule has 1 fully saturated rings. The Bertz CT molecular complexity index is 905. The number of nitrogens with one attached hydrogen (secondary N) is 1. The number of halogens is 1. The van der Waals surface area contributed by atoms with E-state index in [-0.39, 0.29) is 17.5 Å². The van der Waals surface area contributed by atoms with Crippen LogP contribution in [0.15, 0.2) is 58.3 Å². The minimum Gasteiger partial charge on any atom is -0.451 e. The van der Waals surface area contributed by atoms with Gasteiger partial charge in [-0.3, -0.25) is 9.69 Å². The Kier molecular flexibility index (Phi) is 5.88. The van der Waals surface area contributed by atoms with Crippen LogP contribution in [0.3, 0.4) is 0 Å². The Morgan fingerprint density at radius 1 is 1.21 bits per heavy atom. The zero-order valence-corrected chi connectivity index (χ0v) is 16.4. The van der Waals surface area contributed by atoms with Crippen LogP contribution in [0.4, 0.5) is 4.39 Å². The van der Waals surface area contributed by atoms with E-state index in [4.69, 9.17) is 4.42 Å². The summed E-state index contributed by atoms with van der Waals surface area (Å²) in [6.45, 7) is 3.74. The molecule has 1 atom stereocenters. The van der Waals surface area contributed by atoms with Gasteiger partial charge in [-0.05, 0) is 73.1 Å². The van der Waals surface area contributed by atoms with E-state index in [1.807, 2.05) is 0 Å². The molecule has 3 heterocycles. The molecule has 4 nitrogen and oxygen atoms in total. The van der Waals surface area contributed by atoms with Crippen LogP contribution in [0.2, 0.25) is 0 Å². The molecule has 6 heteroatoms. The minimum absolute atomic E-state index is 0.205. The van der Waals surface area contributed by atoms with Crippen LogP contribution in [-0.2, 0) is 6.54 Å². The van der Waals surface area contributed by atoms with E-state index in [2.05, 4.69) is 27.7 Å². The van der Waals surface area contributed by atoms with E-state index in [0.29, 0.717) is 18.2 Å². The van der Waals surface area contributed by atoms with Crippen LogP contribution in [0.5, 0.6) is 0 Å². The zero-order valence-electron chi connectivity index (χ0n) is 15.6. The third kappa shape index (κ3) is 4.69. The monoisotopic (exact) mass is 398 g/mol. The van der Waals surface area contributed by atoms with Gasteiger partial charge in [0.25, 0.3) is 5.91 Å². The quantitative estimate of drug-likeness (QED) is 0.649. The van der Waals surface area contributed by atoms with E-state index in [1.165, 1.54) is 17.0 Å². The maximum absolute atomic E-state index is 13.0. The number of piperidine rings is 1. The predicted molar refractivity (Wildman–Crippen MR) is 109 cm³/mol. The van der Waals surface area contributed by atoms with Crippen LogP contribution < -0.4 is 5.32 Å². The molecule has 1 N–H and O–H groups in total. The number of hydrogen-bond donors (Lipinski definition) is 1. The molecule has 28 heavy (non-hydrogen) atoms. The molecule has 1 aliphatic rings. The van der Waals surface area contributed by atoms with Crippen molar-refractivity contribution in [2.24, 2.45) is 5.92 Å². The molecule has 1 unspecified atom stereocenters. The lowest BCUT2D eigenvalue weighted by atomic mass is 9.98. The van der Waals surface area contributed by atoms with Crippen LogP contribution in [0.25, 0.3) is 11.3 Å². The molecule has 1 aliphatic heterocycles. The molecule has 0 bridgehead atoms. The van der Waals surface area contributed by atoms with Crippen molar-refractivity contribution in [1.29, 1.82) is 0 Å². The molecule has 1 aromatic carbocycles. The first-order valence-corrected chi connectivity index (χ1v) is 10.4. The number of carbonyl (C=O) groups excluding carboxylic acids is 1. The van der Waals surface area contributed by atoms with Gasteiger partial charge in [-0.25, -0.2) is 4.39 Å². The summed E-state index contributed by atoms with van der Waals surface area (Å²) in [5, 5.41) is 5.12. The van der Waals surface area contributed by atoms with Crippen LogP contribution >= 0.6 is 11.3 Å². The number of likely N-dealkylation sites (tertiary alicyclic amines) is 1. The zero-order chi connectivity index (χ0) is 19.3. The number of benzene rings is 1. The van der Waals surface area contributed by atoms with Crippen LogP contribution in [0.1, 0.15) is 28.3 Å². The van der Waals surface area contributed by atoms with Gasteiger partial charge >= 0.3 is 0 Å². The Morgan fingerprint density at radius 2 is 2.07 bits per heavy atom. The molecular formula is C22H23FN2O2S. The predicted octanol–water partition coefficient (Wildman–Crippen LogP) is 4.79. The third-order valence-corrected chi connectivity index (χ3v) is 5.93. The summed E-state index contributed by atoms with van der Waals surface area (Å²) < 4.78 is 18.7. The average molecular weight is 399 g/mol. The maximum atomic E-state index is 13.0. The summed E-state index contributed by atoms with van der Waals surface area (Å²) in [6, 6.07) is 13.7. The Hall–Kier alpha value is -2.44. The number of carbonyl (C=O) groups is 1. The molecule has 3 aromatic rings. The number of amides is 1. The van der Waals surface area contributed by atoms with Gasteiger partial charge < -0.3 is 9.73 Å². The van der Waals surface area contributed by atoms with Gasteiger partial charge in [0, 0.05) is 30.1 Å². The standard InChI is InChI=1S/C22H23FN2O2S/c23-18-7-5-17(6-8-18)20-9-10-21(27-20)22(26)24-13-16-3-1-11-25(14-16)15-19-4-2-12-28-19/h2,4-10,12,16H,1,3,11,13-15H2,(H,24,26). The summed E-state index contributed by atoms with van der Waals surface area (Å²) in [4.78, 5) is 16.3. The van der Waals surface area contributed by atoms with E-state index in [9.17, 15) is 9.18 Å². The summed E-state index contributed by atoms with van der Waals surface area (Å²) >= 11 is 1.79. The van der Waals surface area contributed by atoms with Gasteiger partial charge in [-0.1, -0.05) is 6.07 Å². The Labute approximate surface area is 168 Å². The van der Waals surface area contributed by atoms with Crippen LogP contribution in [-0.4, -0.2) is 30.4 Å². The van der Waals surface area contributed by atoms with E-state index in [0.717, 1.165) is 38.0 Å². The topological polar surface area (TPSA) is 45.5 Å². The van der Waals surface area contributed by atoms with E-state index >= 15 is 0 Å². The molecule has 4 rings (SSSR count). The van der Waals surface area contributed by atoms with E-state index < -0.39 is 0 Å². The second-order valence-corrected chi connectivity index (χ2v) is 8.24. The fraction of sp³-hybridized carbons (Fsp3) is 0.318. The average Bonchev–Trinajstić information content (AvgIpc) is 3.39. The lowest BCUT2D eigenvalue weighted by Gasteiger charge is -2.32. The Morgan fingerprint density at radius 3 is 2.86 bits per heavy atom. The molecule has 0 saturated carbocycles. The lowest BCUT2D eigenvalue weighted by Crippen LogP contribution is -2.40. The van der Waals surface area contributed by atoms with Gasteiger partial charge in [0.15, 0.2) is 5.76 Å². The van der Waals surface area contributed by atoms with Crippen molar-refractivity contribution < 1.29 is 13.6 Å². The fourth-order valence-corrected chi connectivity index (χ4v) is 4.38. The molecule has 146 valence electrons. The normalized spacial score (nSPS) is 17.5. The summed E-state index contributed by atoms with van der Waals surface area (Å²) in [5.41, 5.74) is 0.747. The second-order valence-electron chi connectivity index (χ2n) is 7.20. The van der Waals surface area contributed by atoms with Gasteiger partial charge in [0.05, 0.1) is 0 Å². The summed E-state index contributed by atoms with van der Waals surface area (Å²) in [6.07, 6.45) is 2.28. The fourth-order valence-electron chi connectivity index (χ4n) is 3.64. The molecular weight excluding hydrogens is 375 g/mol. The second kappa shape index (κ2) is 8.71. The minimum atomic E-state index is -0.297. The molecule has 2 aromatic heterocycles. The highest BCUT2D eigenvalue weighted by molar-refractivity contribution is 7.09. The lowest BCUT2D eigenvalue weighted by molar-refractivity contribution is 0.0904. The van der Waals surface area contributed by atoms with Crippen molar-refractivity contribution >= 4 is 17.2 Å². The first-order valence-electron chi connectivity index (χ1n) is 9.56. The van der Waals surface area contributed by atoms with Crippen molar-refractivity contribution in [3.63, 3.8) is 0 Å². The number of rotatable bonds is 6. The van der Waals surface area contributed by atoms with E-state index in [1.54, 1.807) is 35.6 Å². The number of thiophene rings is 1. The SMILES string of the molecule is O=C(NCC1CCCN(Cc2cccs2)C1)c1ccc(-c2ccc(F)cc2)o1. The van der Waals surface area contributed by atoms with Gasteiger partial charge in [0.1, 0.15) is 11.6 Å². The van der Waals surface area contributed by atoms with Crippen molar-refractivity contribution in [1.82, 2.24) is 10.2 Å². The number of furan rings is 1. The highest BCUT2D eigenvalue weighted by Crippen LogP contribution is 2.23. The van der Waals surface area contributed by atoms with Crippen molar-refractivity contribution in [3.8, 4) is 11.3 Å². The molecule has 1 saturated heterocycles. The smallest absolute Gasteiger partial charge is 0.287 e. The first-order chi connectivity index (χ1) is 13.7. The first kappa shape index (κ1) is 18.9. The summed E-state index contributed by atoms with van der Waals surface area (Å²) in [5.74, 6) is 0.789. The number of nitrogens with zero attached hydrogens (tertiary/aromatic N) is 1. The number of hydrogen-bond acceptors (Lipinski definition) is 4. The van der Waals surface area contributed by atoms with Gasteiger partial charge in [-0.15, -0.1) is 11.3 Å². The van der Waals surface area contributed by atoms with Crippen molar-refractivity contribution in [3.05, 3.63) is 70.4 Å². The summed E-state index contributed by atoms with van der Waals surface area (Å²) in [7, 11) is 0. The highest BCUT2D eigenvalue weighted by atomic mass is 32.1. The largest absolute Gasteiger partial charge is 0.451 e. The van der Waals surface area contributed by atoms with Crippen molar-refractivity contribution in [2.75, 3.05) is 19.6 Å². The third-order valence-electron chi connectivity index (χ3n) is 5.07. The molecule has 1 amide bonds.